The molecule has 1 heterocycles. The lowest BCUT2D eigenvalue weighted by Gasteiger charge is -2.22. The number of amides is 1. The number of ether oxygens (including phenoxy) is 1. The van der Waals surface area contributed by atoms with Crippen LogP contribution in [0.1, 0.15) is 50.7 Å². The Morgan fingerprint density at radius 3 is 2.33 bits per heavy atom. The Balaban J connectivity index is 0.00000109. The summed E-state index contributed by atoms with van der Waals surface area (Å²) in [5.41, 5.74) is -0.0625. The zero-order valence-electron chi connectivity index (χ0n) is 19.5. The van der Waals surface area contributed by atoms with Gasteiger partial charge in [-0.15, -0.1) is 11.8 Å². The summed E-state index contributed by atoms with van der Waals surface area (Å²) < 4.78 is 5.45. The number of hydrogen-bond donors (Lipinski definition) is 5. The van der Waals surface area contributed by atoms with E-state index in [1.54, 1.807) is 0 Å². The van der Waals surface area contributed by atoms with Crippen molar-refractivity contribution >= 4 is 29.2 Å². The van der Waals surface area contributed by atoms with Crippen LogP contribution in [0.4, 0.5) is 0 Å². The maximum absolute atomic E-state index is 12.0. The molecule has 0 aromatic carbocycles. The van der Waals surface area contributed by atoms with E-state index in [1.165, 1.54) is 6.20 Å². The number of aliphatic hydroxyl groups is 1. The molecule has 1 aromatic heterocycles. The highest BCUT2D eigenvalue weighted by Crippen LogP contribution is 2.20. The van der Waals surface area contributed by atoms with Gasteiger partial charge in [-0.2, -0.15) is 0 Å². The van der Waals surface area contributed by atoms with Gasteiger partial charge in [0.25, 0.3) is 11.1 Å². The van der Waals surface area contributed by atoms with E-state index < -0.39 is 18.0 Å². The number of rotatable bonds is 10. The maximum atomic E-state index is 12.0. The van der Waals surface area contributed by atoms with Crippen LogP contribution in [-0.2, 0) is 9.59 Å². The van der Waals surface area contributed by atoms with Gasteiger partial charge in [0.15, 0.2) is 0 Å². The van der Waals surface area contributed by atoms with E-state index in [2.05, 4.69) is 27.5 Å². The molecule has 1 amide bonds. The molecule has 33 heavy (non-hydrogen) atoms. The Morgan fingerprint density at radius 2 is 1.82 bits per heavy atom. The summed E-state index contributed by atoms with van der Waals surface area (Å²) in [5, 5.41) is 31.9. The Hall–Kier alpha value is -2.94. The number of carboxylic acid groups (broad SMARTS) is 2. The highest BCUT2D eigenvalue weighted by Gasteiger charge is 2.15. The minimum absolute atomic E-state index is 0.0625. The van der Waals surface area contributed by atoms with Crippen molar-refractivity contribution in [1.82, 2.24) is 15.6 Å². The number of hydrogen-bond acceptors (Lipinski definition) is 8. The standard InChI is InChI=1S/C18H29N3O3S.C4H4O4/c1-13(2)8-6-7-9-19-16(23)15-11-20-17(25-15)24-12-14(22)10-21-18(3,4)5;5-3(6)1-2-4(7)8/h11,13-14,21-22H,7,9-10,12H2,1-5H3,(H,19,23);1-2H,(H,5,6)(H,7,8)/b;2-1-. The van der Waals surface area contributed by atoms with Crippen molar-refractivity contribution in [3.05, 3.63) is 23.2 Å². The predicted octanol–water partition coefficient (Wildman–Crippen LogP) is 1.76. The first kappa shape index (κ1) is 30.1. The van der Waals surface area contributed by atoms with Crippen LogP contribution < -0.4 is 15.4 Å². The first-order valence-corrected chi connectivity index (χ1v) is 11.0. The molecule has 0 spiro atoms. The minimum Gasteiger partial charge on any atom is -0.478 e. The van der Waals surface area contributed by atoms with Crippen molar-refractivity contribution in [2.75, 3.05) is 19.7 Å². The van der Waals surface area contributed by atoms with Crippen molar-refractivity contribution in [2.45, 2.75) is 52.7 Å². The molecule has 184 valence electrons. The number of aromatic nitrogens is 1. The largest absolute Gasteiger partial charge is 0.478 e. The second kappa shape index (κ2) is 15.8. The Kier molecular flexibility index (Phi) is 14.4. The van der Waals surface area contributed by atoms with Crippen LogP contribution in [0.2, 0.25) is 0 Å². The molecule has 0 saturated carbocycles. The number of aliphatic hydroxyl groups excluding tert-OH is 1. The molecule has 0 radical (unpaired) electrons. The van der Waals surface area contributed by atoms with Crippen LogP contribution >= 0.6 is 11.3 Å². The molecule has 11 heteroatoms. The van der Waals surface area contributed by atoms with Gasteiger partial charge in [0.2, 0.25) is 0 Å². The van der Waals surface area contributed by atoms with Crippen LogP contribution in [-0.4, -0.2) is 69.5 Å². The van der Waals surface area contributed by atoms with Crippen LogP contribution in [0.25, 0.3) is 0 Å². The molecule has 0 aliphatic rings. The van der Waals surface area contributed by atoms with Crippen LogP contribution in [0.15, 0.2) is 18.3 Å². The van der Waals surface area contributed by atoms with Gasteiger partial charge >= 0.3 is 11.9 Å². The minimum atomic E-state index is -1.26. The number of aliphatic carboxylic acids is 2. The summed E-state index contributed by atoms with van der Waals surface area (Å²) in [6.07, 6.45) is 2.58. The number of β-amino-alcohol motifs (C(OH)–C–C–N with tert-alkyl or cyclic N) is 1. The first-order valence-electron chi connectivity index (χ1n) is 10.2. The molecule has 10 nitrogen and oxygen atoms in total. The first-order chi connectivity index (χ1) is 15.3. The third-order valence-corrected chi connectivity index (χ3v) is 4.18. The molecule has 1 atom stereocenters. The van der Waals surface area contributed by atoms with Crippen molar-refractivity contribution in [3.8, 4) is 17.0 Å². The molecular weight excluding hydrogens is 450 g/mol. The molecule has 0 saturated heterocycles. The Bertz CT molecular complexity index is 832. The van der Waals surface area contributed by atoms with Gasteiger partial charge in [0.1, 0.15) is 17.6 Å². The second-order valence-electron chi connectivity index (χ2n) is 8.08. The highest BCUT2D eigenvalue weighted by atomic mass is 32.1. The zero-order chi connectivity index (χ0) is 25.4. The van der Waals surface area contributed by atoms with Gasteiger partial charge in [-0.25, -0.2) is 14.6 Å². The smallest absolute Gasteiger partial charge is 0.328 e. The number of nitrogens with zero attached hydrogens (tertiary/aromatic N) is 1. The lowest BCUT2D eigenvalue weighted by Crippen LogP contribution is -2.42. The highest BCUT2D eigenvalue weighted by molar-refractivity contribution is 7.15. The summed E-state index contributed by atoms with van der Waals surface area (Å²) >= 11 is 1.16. The molecule has 0 fully saturated rings. The van der Waals surface area contributed by atoms with E-state index in [9.17, 15) is 19.5 Å². The summed E-state index contributed by atoms with van der Waals surface area (Å²) in [4.78, 5) is 35.7. The summed E-state index contributed by atoms with van der Waals surface area (Å²) in [6, 6.07) is 0. The molecule has 1 rings (SSSR count). The van der Waals surface area contributed by atoms with Crippen molar-refractivity contribution < 1.29 is 34.4 Å². The fourth-order valence-electron chi connectivity index (χ4n) is 1.82. The molecule has 0 bridgehead atoms. The van der Waals surface area contributed by atoms with Gasteiger partial charge in [-0.05, 0) is 20.8 Å². The van der Waals surface area contributed by atoms with Crippen molar-refractivity contribution in [2.24, 2.45) is 5.92 Å². The molecule has 1 unspecified atom stereocenters. The third-order valence-electron chi connectivity index (χ3n) is 3.27. The maximum Gasteiger partial charge on any atom is 0.328 e. The number of thiazole rings is 1. The van der Waals surface area contributed by atoms with E-state index in [1.807, 2.05) is 34.6 Å². The monoisotopic (exact) mass is 483 g/mol. The number of carbonyl (C=O) groups is 3. The normalized spacial score (nSPS) is 11.7. The average molecular weight is 484 g/mol. The number of carbonyl (C=O) groups excluding carboxylic acids is 1. The molecule has 1 aromatic rings. The van der Waals surface area contributed by atoms with E-state index >= 15 is 0 Å². The fourth-order valence-corrected chi connectivity index (χ4v) is 2.52. The number of nitrogens with one attached hydrogen (secondary N) is 2. The molecule has 0 aliphatic heterocycles. The van der Waals surface area contributed by atoms with E-state index in [0.717, 1.165) is 11.3 Å². The molecular formula is C22H33N3O7S. The quantitative estimate of drug-likeness (QED) is 0.190. The van der Waals surface area contributed by atoms with Crippen LogP contribution in [0.3, 0.4) is 0 Å². The average Bonchev–Trinajstić information content (AvgIpc) is 3.17. The Morgan fingerprint density at radius 1 is 1.21 bits per heavy atom. The van der Waals surface area contributed by atoms with Crippen molar-refractivity contribution in [3.63, 3.8) is 0 Å². The summed E-state index contributed by atoms with van der Waals surface area (Å²) in [6.45, 7) is 11.2. The lowest BCUT2D eigenvalue weighted by atomic mass is 10.1. The number of carboxylic acids is 2. The van der Waals surface area contributed by atoms with E-state index in [4.69, 9.17) is 14.9 Å². The summed E-state index contributed by atoms with van der Waals surface area (Å²) in [7, 11) is 0. The predicted molar refractivity (Wildman–Crippen MR) is 125 cm³/mol. The zero-order valence-corrected chi connectivity index (χ0v) is 20.4. The van der Waals surface area contributed by atoms with Gasteiger partial charge in [-0.3, -0.25) is 4.79 Å². The fraction of sp³-hybridized carbons (Fsp3) is 0.545. The van der Waals surface area contributed by atoms with E-state index in [0.29, 0.717) is 47.7 Å². The van der Waals surface area contributed by atoms with Crippen molar-refractivity contribution in [1.29, 1.82) is 0 Å². The van der Waals surface area contributed by atoms with Gasteiger partial charge in [-0.1, -0.05) is 25.2 Å². The van der Waals surface area contributed by atoms with Gasteiger partial charge in [0, 0.05) is 43.1 Å². The second-order valence-corrected chi connectivity index (χ2v) is 9.07. The molecule has 5 N–H and O–H groups in total. The Labute approximate surface area is 198 Å². The van der Waals surface area contributed by atoms with Crippen LogP contribution in [0, 0.1) is 17.8 Å². The lowest BCUT2D eigenvalue weighted by molar-refractivity contribution is -0.134. The van der Waals surface area contributed by atoms with Gasteiger partial charge < -0.3 is 30.7 Å². The SMILES string of the molecule is CC(C)C#CCCNC(=O)c1cnc(OCC(O)CNC(C)(C)C)s1.O=C(O)/C=C\C(=O)O. The summed E-state index contributed by atoms with van der Waals surface area (Å²) in [5.74, 6) is 3.70. The van der Waals surface area contributed by atoms with Gasteiger partial charge in [0.05, 0.1) is 6.20 Å². The van der Waals surface area contributed by atoms with Crippen LogP contribution in [0.5, 0.6) is 5.19 Å². The third kappa shape index (κ3) is 18.3. The topological polar surface area (TPSA) is 158 Å². The van der Waals surface area contributed by atoms with E-state index in [-0.39, 0.29) is 18.1 Å². The molecule has 0 aliphatic carbocycles.